The fraction of sp³-hybridized carbons (Fsp3) is 1.00. The van der Waals surface area contributed by atoms with Crippen LogP contribution in [0.25, 0.3) is 0 Å². The van der Waals surface area contributed by atoms with Gasteiger partial charge >= 0.3 is 6.18 Å². The standard InChI is InChI=1S/C14H25F3N2O/c1-10(2)18-7-12-5-6-13(20-12)8-19(11-3-4-11)9-14(15,16)17/h10-13,18H,3-9H2,1-2H3. The zero-order valence-corrected chi connectivity index (χ0v) is 12.2. The Bertz CT molecular complexity index is 305. The highest BCUT2D eigenvalue weighted by Gasteiger charge is 2.40. The lowest BCUT2D eigenvalue weighted by atomic mass is 10.2. The van der Waals surface area contributed by atoms with Crippen molar-refractivity contribution in [1.82, 2.24) is 10.2 Å². The molecular weight excluding hydrogens is 269 g/mol. The Labute approximate surface area is 118 Å². The number of hydrogen-bond acceptors (Lipinski definition) is 3. The molecule has 0 aromatic carbocycles. The summed E-state index contributed by atoms with van der Waals surface area (Å²) in [6, 6.07) is 0.527. The van der Waals surface area contributed by atoms with E-state index in [0.29, 0.717) is 12.6 Å². The van der Waals surface area contributed by atoms with Crippen molar-refractivity contribution in [2.75, 3.05) is 19.6 Å². The molecule has 0 aromatic rings. The molecule has 1 aliphatic heterocycles. The van der Waals surface area contributed by atoms with Crippen LogP contribution in [0.1, 0.15) is 39.5 Å². The van der Waals surface area contributed by atoms with Crippen LogP contribution in [0.15, 0.2) is 0 Å². The molecule has 6 heteroatoms. The van der Waals surface area contributed by atoms with Gasteiger partial charge in [-0.2, -0.15) is 13.2 Å². The van der Waals surface area contributed by atoms with Crippen LogP contribution in [0, 0.1) is 0 Å². The Hall–Kier alpha value is -0.330. The number of nitrogens with zero attached hydrogens (tertiary/aromatic N) is 1. The fourth-order valence-corrected chi connectivity index (χ4v) is 2.71. The van der Waals surface area contributed by atoms with Crippen LogP contribution < -0.4 is 5.32 Å². The molecule has 2 atom stereocenters. The molecule has 118 valence electrons. The first kappa shape index (κ1) is 16.0. The van der Waals surface area contributed by atoms with Crippen molar-refractivity contribution >= 4 is 0 Å². The predicted octanol–water partition coefficient (Wildman–Crippen LogP) is 2.56. The summed E-state index contributed by atoms with van der Waals surface area (Å²) >= 11 is 0. The predicted molar refractivity (Wildman–Crippen MR) is 71.7 cm³/mol. The average Bonchev–Trinajstić information content (AvgIpc) is 3.06. The van der Waals surface area contributed by atoms with Gasteiger partial charge in [0.25, 0.3) is 0 Å². The van der Waals surface area contributed by atoms with E-state index in [1.807, 2.05) is 0 Å². The number of nitrogens with one attached hydrogen (secondary N) is 1. The van der Waals surface area contributed by atoms with Gasteiger partial charge in [0.1, 0.15) is 0 Å². The minimum Gasteiger partial charge on any atom is -0.372 e. The van der Waals surface area contributed by atoms with Crippen LogP contribution in [-0.2, 0) is 4.74 Å². The van der Waals surface area contributed by atoms with Crippen molar-refractivity contribution in [3.8, 4) is 0 Å². The molecule has 1 aliphatic carbocycles. The summed E-state index contributed by atoms with van der Waals surface area (Å²) in [6.45, 7) is 4.56. The molecule has 0 bridgehead atoms. The quantitative estimate of drug-likeness (QED) is 0.781. The van der Waals surface area contributed by atoms with Gasteiger partial charge in [-0.05, 0) is 25.7 Å². The SMILES string of the molecule is CC(C)NCC1CCC(CN(CC(F)(F)F)C2CC2)O1. The Morgan fingerprint density at radius 1 is 1.15 bits per heavy atom. The number of hydrogen-bond donors (Lipinski definition) is 1. The van der Waals surface area contributed by atoms with Crippen LogP contribution in [0.3, 0.4) is 0 Å². The highest BCUT2D eigenvalue weighted by atomic mass is 19.4. The molecule has 2 aliphatic rings. The maximum Gasteiger partial charge on any atom is 0.401 e. The second-order valence-electron chi connectivity index (χ2n) is 6.30. The molecule has 1 N–H and O–H groups in total. The van der Waals surface area contributed by atoms with Gasteiger partial charge in [0.15, 0.2) is 0 Å². The zero-order chi connectivity index (χ0) is 14.8. The van der Waals surface area contributed by atoms with Crippen molar-refractivity contribution in [3.05, 3.63) is 0 Å². The first-order valence-electron chi connectivity index (χ1n) is 7.53. The Balaban J connectivity index is 1.74. The van der Waals surface area contributed by atoms with Crippen molar-refractivity contribution in [1.29, 1.82) is 0 Å². The van der Waals surface area contributed by atoms with Gasteiger partial charge in [-0.1, -0.05) is 13.8 Å². The molecule has 0 amide bonds. The third-order valence-corrected chi connectivity index (χ3v) is 3.83. The first-order valence-corrected chi connectivity index (χ1v) is 7.53. The lowest BCUT2D eigenvalue weighted by Crippen LogP contribution is -2.41. The largest absolute Gasteiger partial charge is 0.401 e. The van der Waals surface area contributed by atoms with E-state index in [1.165, 1.54) is 0 Å². The average molecular weight is 294 g/mol. The van der Waals surface area contributed by atoms with E-state index < -0.39 is 12.7 Å². The van der Waals surface area contributed by atoms with E-state index in [1.54, 1.807) is 4.90 Å². The maximum atomic E-state index is 12.6. The Morgan fingerprint density at radius 2 is 1.80 bits per heavy atom. The van der Waals surface area contributed by atoms with E-state index in [0.717, 1.165) is 32.2 Å². The minimum absolute atomic E-state index is 0.0445. The van der Waals surface area contributed by atoms with E-state index in [9.17, 15) is 13.2 Å². The van der Waals surface area contributed by atoms with E-state index in [2.05, 4.69) is 19.2 Å². The zero-order valence-electron chi connectivity index (χ0n) is 12.2. The van der Waals surface area contributed by atoms with Gasteiger partial charge in [0, 0.05) is 25.2 Å². The summed E-state index contributed by atoms with van der Waals surface area (Å²) in [6.07, 6.45) is -0.422. The van der Waals surface area contributed by atoms with Gasteiger partial charge in [-0.25, -0.2) is 0 Å². The third kappa shape index (κ3) is 5.58. The molecule has 3 nitrogen and oxygen atoms in total. The third-order valence-electron chi connectivity index (χ3n) is 3.83. The van der Waals surface area contributed by atoms with Crippen LogP contribution in [-0.4, -0.2) is 55.0 Å². The lowest BCUT2D eigenvalue weighted by Gasteiger charge is -2.26. The molecule has 0 radical (unpaired) electrons. The van der Waals surface area contributed by atoms with Gasteiger partial charge in [-0.3, -0.25) is 4.90 Å². The lowest BCUT2D eigenvalue weighted by molar-refractivity contribution is -0.150. The normalized spacial score (nSPS) is 27.8. The number of halogens is 3. The first-order chi connectivity index (χ1) is 9.33. The molecule has 0 spiro atoms. The molecular formula is C14H25F3N2O. The highest BCUT2D eigenvalue weighted by Crippen LogP contribution is 2.32. The van der Waals surface area contributed by atoms with Crippen LogP contribution in [0.5, 0.6) is 0 Å². The van der Waals surface area contributed by atoms with E-state index >= 15 is 0 Å². The highest BCUT2D eigenvalue weighted by molar-refractivity contribution is 4.88. The van der Waals surface area contributed by atoms with Gasteiger partial charge in [0.2, 0.25) is 0 Å². The molecule has 1 saturated heterocycles. The van der Waals surface area contributed by atoms with Crippen molar-refractivity contribution < 1.29 is 17.9 Å². The minimum atomic E-state index is -4.11. The summed E-state index contributed by atoms with van der Waals surface area (Å²) < 4.78 is 43.5. The van der Waals surface area contributed by atoms with Crippen molar-refractivity contribution in [2.24, 2.45) is 0 Å². The molecule has 1 saturated carbocycles. The molecule has 2 rings (SSSR count). The maximum absolute atomic E-state index is 12.6. The summed E-state index contributed by atoms with van der Waals surface area (Å²) in [5.41, 5.74) is 0. The molecule has 1 heterocycles. The second-order valence-corrected chi connectivity index (χ2v) is 6.30. The summed E-state index contributed by atoms with van der Waals surface area (Å²) in [5.74, 6) is 0. The summed E-state index contributed by atoms with van der Waals surface area (Å²) in [4.78, 5) is 1.56. The molecule has 0 aromatic heterocycles. The number of rotatable bonds is 7. The monoisotopic (exact) mass is 294 g/mol. The smallest absolute Gasteiger partial charge is 0.372 e. The van der Waals surface area contributed by atoms with Gasteiger partial charge in [-0.15, -0.1) is 0 Å². The van der Waals surface area contributed by atoms with Gasteiger partial charge in [0.05, 0.1) is 18.8 Å². The fourth-order valence-electron chi connectivity index (χ4n) is 2.71. The van der Waals surface area contributed by atoms with Crippen LogP contribution in [0.2, 0.25) is 0 Å². The van der Waals surface area contributed by atoms with Gasteiger partial charge < -0.3 is 10.1 Å². The number of alkyl halides is 3. The molecule has 20 heavy (non-hydrogen) atoms. The molecule has 2 fully saturated rings. The summed E-state index contributed by atoms with van der Waals surface area (Å²) in [7, 11) is 0. The Kier molecular flexibility index (Phi) is 5.31. The van der Waals surface area contributed by atoms with Crippen LogP contribution in [0.4, 0.5) is 13.2 Å². The van der Waals surface area contributed by atoms with E-state index in [-0.39, 0.29) is 18.2 Å². The van der Waals surface area contributed by atoms with Crippen molar-refractivity contribution in [3.63, 3.8) is 0 Å². The second kappa shape index (κ2) is 6.62. The topological polar surface area (TPSA) is 24.5 Å². The molecule has 2 unspecified atom stereocenters. The number of ether oxygens (including phenoxy) is 1. The van der Waals surface area contributed by atoms with Crippen molar-refractivity contribution in [2.45, 2.75) is 70.0 Å². The summed E-state index contributed by atoms with van der Waals surface area (Å²) in [5, 5.41) is 3.32. The Morgan fingerprint density at radius 3 is 2.35 bits per heavy atom. The van der Waals surface area contributed by atoms with E-state index in [4.69, 9.17) is 4.74 Å². The van der Waals surface area contributed by atoms with Crippen LogP contribution >= 0.6 is 0 Å².